The molecule has 0 aliphatic heterocycles. The van der Waals surface area contributed by atoms with Crippen molar-refractivity contribution in [2.24, 2.45) is 0 Å². The summed E-state index contributed by atoms with van der Waals surface area (Å²) < 4.78 is 2.57. The molecule has 72 valence electrons. The van der Waals surface area contributed by atoms with Crippen molar-refractivity contribution in [2.45, 2.75) is 6.92 Å². The fraction of sp³-hybridized carbons (Fsp3) is 0.100. The van der Waals surface area contributed by atoms with Crippen LogP contribution in [0.15, 0.2) is 34.9 Å². The van der Waals surface area contributed by atoms with Crippen molar-refractivity contribution in [2.75, 3.05) is 5.73 Å². The summed E-state index contributed by atoms with van der Waals surface area (Å²) in [7, 11) is 0. The molecule has 4 heteroatoms. The van der Waals surface area contributed by atoms with E-state index in [1.54, 1.807) is 4.68 Å². The molecule has 0 bridgehead atoms. The van der Waals surface area contributed by atoms with Crippen molar-refractivity contribution >= 4 is 21.7 Å². The van der Waals surface area contributed by atoms with E-state index in [0.29, 0.717) is 5.82 Å². The third-order valence-corrected chi connectivity index (χ3v) is 2.61. The van der Waals surface area contributed by atoms with Crippen molar-refractivity contribution in [1.82, 2.24) is 9.78 Å². The molecule has 2 aromatic rings. The Labute approximate surface area is 90.7 Å². The topological polar surface area (TPSA) is 43.8 Å². The highest BCUT2D eigenvalue weighted by Crippen LogP contribution is 2.19. The first-order valence-electron chi connectivity index (χ1n) is 4.24. The standard InChI is InChI=1S/C10H10BrN3/c1-7-2-4-8(5-3-7)14-6-9(11)10(12)13-14/h2-6H,1H3,(H2,12,13). The van der Waals surface area contributed by atoms with E-state index in [1.807, 2.05) is 30.5 Å². The molecule has 2 rings (SSSR count). The lowest BCUT2D eigenvalue weighted by atomic mass is 10.2. The summed E-state index contributed by atoms with van der Waals surface area (Å²) in [5.74, 6) is 0.505. The quantitative estimate of drug-likeness (QED) is 0.847. The fourth-order valence-corrected chi connectivity index (χ4v) is 1.47. The number of nitrogens with two attached hydrogens (primary N) is 1. The lowest BCUT2D eigenvalue weighted by Gasteiger charge is -2.00. The highest BCUT2D eigenvalue weighted by Gasteiger charge is 2.03. The van der Waals surface area contributed by atoms with Gasteiger partial charge in [-0.25, -0.2) is 4.68 Å². The van der Waals surface area contributed by atoms with E-state index < -0.39 is 0 Å². The van der Waals surface area contributed by atoms with Gasteiger partial charge in [0.15, 0.2) is 5.82 Å². The molecule has 0 saturated heterocycles. The van der Waals surface area contributed by atoms with E-state index in [4.69, 9.17) is 5.73 Å². The molecule has 0 fully saturated rings. The van der Waals surface area contributed by atoms with Crippen LogP contribution in [-0.2, 0) is 0 Å². The van der Waals surface area contributed by atoms with E-state index in [9.17, 15) is 0 Å². The molecular formula is C10H10BrN3. The highest BCUT2D eigenvalue weighted by atomic mass is 79.9. The number of nitrogens with zero attached hydrogens (tertiary/aromatic N) is 2. The first-order valence-corrected chi connectivity index (χ1v) is 5.04. The zero-order chi connectivity index (χ0) is 10.1. The molecule has 1 aromatic heterocycles. The summed E-state index contributed by atoms with van der Waals surface area (Å²) in [6.07, 6.45) is 1.85. The van der Waals surface area contributed by atoms with Gasteiger partial charge in [0.25, 0.3) is 0 Å². The Morgan fingerprint density at radius 3 is 2.43 bits per heavy atom. The number of halogens is 1. The van der Waals surface area contributed by atoms with E-state index in [1.165, 1.54) is 5.56 Å². The number of hydrogen-bond acceptors (Lipinski definition) is 2. The van der Waals surface area contributed by atoms with Gasteiger partial charge in [-0.3, -0.25) is 0 Å². The second-order valence-corrected chi connectivity index (χ2v) is 4.00. The molecule has 0 unspecified atom stereocenters. The molecule has 1 aromatic carbocycles. The Morgan fingerprint density at radius 1 is 1.29 bits per heavy atom. The van der Waals surface area contributed by atoms with Gasteiger partial charge in [0.2, 0.25) is 0 Å². The number of benzene rings is 1. The average molecular weight is 252 g/mol. The molecular weight excluding hydrogens is 242 g/mol. The largest absolute Gasteiger partial charge is 0.381 e. The summed E-state index contributed by atoms with van der Waals surface area (Å²) in [5, 5.41) is 4.16. The monoisotopic (exact) mass is 251 g/mol. The minimum atomic E-state index is 0.505. The van der Waals surface area contributed by atoms with Gasteiger partial charge in [-0.1, -0.05) is 17.7 Å². The lowest BCUT2D eigenvalue weighted by Crippen LogP contribution is -1.95. The Bertz CT molecular complexity index is 425. The van der Waals surface area contributed by atoms with E-state index in [0.717, 1.165) is 10.2 Å². The van der Waals surface area contributed by atoms with Crippen LogP contribution < -0.4 is 5.73 Å². The summed E-state index contributed by atoms with van der Waals surface area (Å²) in [6, 6.07) is 8.10. The minimum Gasteiger partial charge on any atom is -0.381 e. The van der Waals surface area contributed by atoms with Gasteiger partial charge in [-0.2, -0.15) is 0 Å². The molecule has 0 aliphatic carbocycles. The average Bonchev–Trinajstić information content (AvgIpc) is 2.48. The SMILES string of the molecule is Cc1ccc(-n2cc(Br)c(N)n2)cc1. The lowest BCUT2D eigenvalue weighted by molar-refractivity contribution is 0.885. The Kier molecular flexibility index (Phi) is 2.29. The van der Waals surface area contributed by atoms with Crippen molar-refractivity contribution in [3.8, 4) is 5.69 Å². The number of anilines is 1. The number of aromatic nitrogens is 2. The van der Waals surface area contributed by atoms with Crippen LogP contribution in [0.3, 0.4) is 0 Å². The fourth-order valence-electron chi connectivity index (χ4n) is 1.20. The third-order valence-electron chi connectivity index (χ3n) is 1.99. The number of nitrogen functional groups attached to an aromatic ring is 1. The molecule has 0 atom stereocenters. The maximum Gasteiger partial charge on any atom is 0.160 e. The van der Waals surface area contributed by atoms with Crippen LogP contribution in [0, 0.1) is 6.92 Å². The van der Waals surface area contributed by atoms with Gasteiger partial charge in [0.05, 0.1) is 10.2 Å². The highest BCUT2D eigenvalue weighted by molar-refractivity contribution is 9.10. The van der Waals surface area contributed by atoms with Crippen LogP contribution in [0.5, 0.6) is 0 Å². The van der Waals surface area contributed by atoms with E-state index in [2.05, 4.69) is 28.0 Å². The molecule has 0 aliphatic rings. The van der Waals surface area contributed by atoms with Gasteiger partial charge in [0, 0.05) is 6.20 Å². The van der Waals surface area contributed by atoms with Gasteiger partial charge in [-0.05, 0) is 35.0 Å². The predicted octanol–water partition coefficient (Wildman–Crippen LogP) is 2.53. The number of rotatable bonds is 1. The van der Waals surface area contributed by atoms with Crippen molar-refractivity contribution in [3.05, 3.63) is 40.5 Å². The molecule has 0 amide bonds. The second-order valence-electron chi connectivity index (χ2n) is 3.14. The first kappa shape index (κ1) is 9.27. The summed E-state index contributed by atoms with van der Waals surface area (Å²) in [5.41, 5.74) is 7.87. The molecule has 0 saturated carbocycles. The molecule has 3 nitrogen and oxygen atoms in total. The first-order chi connectivity index (χ1) is 6.66. The van der Waals surface area contributed by atoms with E-state index in [-0.39, 0.29) is 0 Å². The normalized spacial score (nSPS) is 10.4. The van der Waals surface area contributed by atoms with Crippen LogP contribution in [0.2, 0.25) is 0 Å². The van der Waals surface area contributed by atoms with Gasteiger partial charge in [0.1, 0.15) is 0 Å². The predicted molar refractivity (Wildman–Crippen MR) is 60.4 cm³/mol. The molecule has 0 radical (unpaired) electrons. The maximum absolute atomic E-state index is 5.63. The van der Waals surface area contributed by atoms with Crippen molar-refractivity contribution in [1.29, 1.82) is 0 Å². The minimum absolute atomic E-state index is 0.505. The second kappa shape index (κ2) is 3.46. The van der Waals surface area contributed by atoms with Crippen molar-refractivity contribution in [3.63, 3.8) is 0 Å². The van der Waals surface area contributed by atoms with Crippen LogP contribution in [-0.4, -0.2) is 9.78 Å². The summed E-state index contributed by atoms with van der Waals surface area (Å²) in [4.78, 5) is 0. The zero-order valence-electron chi connectivity index (χ0n) is 7.74. The van der Waals surface area contributed by atoms with Crippen LogP contribution in [0.1, 0.15) is 5.56 Å². The Balaban J connectivity index is 2.44. The number of aryl methyl sites for hydroxylation is 1. The third kappa shape index (κ3) is 1.65. The van der Waals surface area contributed by atoms with Gasteiger partial charge in [-0.15, -0.1) is 5.10 Å². The molecule has 0 spiro atoms. The molecule has 1 heterocycles. The van der Waals surface area contributed by atoms with Gasteiger partial charge < -0.3 is 5.73 Å². The Hall–Kier alpha value is -1.29. The van der Waals surface area contributed by atoms with Crippen molar-refractivity contribution < 1.29 is 0 Å². The molecule has 14 heavy (non-hydrogen) atoms. The van der Waals surface area contributed by atoms with Gasteiger partial charge >= 0.3 is 0 Å². The van der Waals surface area contributed by atoms with Crippen LogP contribution in [0.4, 0.5) is 5.82 Å². The summed E-state index contributed by atoms with van der Waals surface area (Å²) in [6.45, 7) is 2.05. The summed E-state index contributed by atoms with van der Waals surface area (Å²) >= 11 is 3.32. The maximum atomic E-state index is 5.63. The molecule has 2 N–H and O–H groups in total. The zero-order valence-corrected chi connectivity index (χ0v) is 9.32. The van der Waals surface area contributed by atoms with E-state index >= 15 is 0 Å². The smallest absolute Gasteiger partial charge is 0.160 e. The number of hydrogen-bond donors (Lipinski definition) is 1. The Morgan fingerprint density at radius 2 is 1.93 bits per heavy atom. The van der Waals surface area contributed by atoms with Crippen LogP contribution >= 0.6 is 15.9 Å². The van der Waals surface area contributed by atoms with Crippen LogP contribution in [0.25, 0.3) is 5.69 Å².